The molecule has 0 atom stereocenters. The van der Waals surface area contributed by atoms with E-state index in [1.165, 1.54) is 11.1 Å². The molecule has 0 fully saturated rings. The van der Waals surface area contributed by atoms with E-state index in [1.54, 1.807) is 0 Å². The Morgan fingerprint density at radius 2 is 1.73 bits per heavy atom. The van der Waals surface area contributed by atoms with Gasteiger partial charge in [-0.15, -0.1) is 0 Å². The van der Waals surface area contributed by atoms with Crippen molar-refractivity contribution in [1.82, 2.24) is 0 Å². The van der Waals surface area contributed by atoms with Crippen LogP contribution in [0, 0.1) is 5.41 Å². The minimum Gasteiger partial charge on any atom is -0.303 e. The SMILES string of the molecule is CC(C)c1ccc(CC(C)(C)C=O)cc1. The smallest absolute Gasteiger partial charge is 0.125 e. The molecule has 0 amide bonds. The first kappa shape index (κ1) is 12.0. The molecule has 82 valence electrons. The van der Waals surface area contributed by atoms with E-state index >= 15 is 0 Å². The first-order valence-corrected chi connectivity index (χ1v) is 5.50. The summed E-state index contributed by atoms with van der Waals surface area (Å²) in [6, 6.07) is 8.56. The summed E-state index contributed by atoms with van der Waals surface area (Å²) in [6.07, 6.45) is 1.85. The minimum atomic E-state index is -0.251. The summed E-state index contributed by atoms with van der Waals surface area (Å²) in [7, 11) is 0. The summed E-state index contributed by atoms with van der Waals surface area (Å²) >= 11 is 0. The van der Waals surface area contributed by atoms with Crippen LogP contribution < -0.4 is 0 Å². The molecule has 1 aromatic rings. The molecule has 1 heteroatoms. The van der Waals surface area contributed by atoms with E-state index in [1.807, 2.05) is 13.8 Å². The summed E-state index contributed by atoms with van der Waals surface area (Å²) in [4.78, 5) is 10.8. The molecular weight excluding hydrogens is 184 g/mol. The lowest BCUT2D eigenvalue weighted by atomic mass is 9.87. The van der Waals surface area contributed by atoms with Gasteiger partial charge in [0, 0.05) is 5.41 Å². The zero-order chi connectivity index (χ0) is 11.5. The van der Waals surface area contributed by atoms with E-state index in [4.69, 9.17) is 0 Å². The number of carbonyl (C=O) groups is 1. The van der Waals surface area contributed by atoms with Gasteiger partial charge in [0.2, 0.25) is 0 Å². The first-order chi connectivity index (χ1) is 6.94. The topological polar surface area (TPSA) is 17.1 Å². The summed E-state index contributed by atoms with van der Waals surface area (Å²) in [5, 5.41) is 0. The van der Waals surface area contributed by atoms with E-state index < -0.39 is 0 Å². The lowest BCUT2D eigenvalue weighted by molar-refractivity contribution is -0.114. The molecule has 0 spiro atoms. The molecular formula is C14H20O. The molecule has 0 aliphatic rings. The maximum atomic E-state index is 10.8. The third-order valence-corrected chi connectivity index (χ3v) is 2.63. The number of hydrogen-bond donors (Lipinski definition) is 0. The fraction of sp³-hybridized carbons (Fsp3) is 0.500. The molecule has 0 N–H and O–H groups in total. The lowest BCUT2D eigenvalue weighted by Gasteiger charge is -2.17. The van der Waals surface area contributed by atoms with Crippen LogP contribution in [0.3, 0.4) is 0 Å². The summed E-state index contributed by atoms with van der Waals surface area (Å²) in [5.41, 5.74) is 2.33. The van der Waals surface area contributed by atoms with Crippen LogP contribution in [0.5, 0.6) is 0 Å². The number of rotatable bonds is 4. The van der Waals surface area contributed by atoms with Gasteiger partial charge in [0.15, 0.2) is 0 Å². The zero-order valence-electron chi connectivity index (χ0n) is 10.1. The summed E-state index contributed by atoms with van der Waals surface area (Å²) < 4.78 is 0. The van der Waals surface area contributed by atoms with Crippen LogP contribution in [-0.2, 0) is 11.2 Å². The van der Waals surface area contributed by atoms with Gasteiger partial charge in [-0.05, 0) is 23.5 Å². The molecule has 15 heavy (non-hydrogen) atoms. The second kappa shape index (κ2) is 4.61. The fourth-order valence-electron chi connectivity index (χ4n) is 1.59. The van der Waals surface area contributed by atoms with Gasteiger partial charge in [-0.25, -0.2) is 0 Å². The van der Waals surface area contributed by atoms with Crippen LogP contribution in [0.15, 0.2) is 24.3 Å². The van der Waals surface area contributed by atoms with Crippen molar-refractivity contribution in [2.45, 2.75) is 40.0 Å². The van der Waals surface area contributed by atoms with Crippen LogP contribution >= 0.6 is 0 Å². The monoisotopic (exact) mass is 204 g/mol. The highest BCUT2D eigenvalue weighted by Crippen LogP contribution is 2.21. The van der Waals surface area contributed by atoms with Gasteiger partial charge < -0.3 is 4.79 Å². The van der Waals surface area contributed by atoms with E-state index in [0.29, 0.717) is 5.92 Å². The predicted octanol–water partition coefficient (Wildman–Crippen LogP) is 3.58. The van der Waals surface area contributed by atoms with E-state index in [-0.39, 0.29) is 5.41 Å². The molecule has 0 saturated heterocycles. The van der Waals surface area contributed by atoms with E-state index in [9.17, 15) is 4.79 Å². The average molecular weight is 204 g/mol. The first-order valence-electron chi connectivity index (χ1n) is 5.50. The highest BCUT2D eigenvalue weighted by atomic mass is 16.1. The van der Waals surface area contributed by atoms with Gasteiger partial charge >= 0.3 is 0 Å². The fourth-order valence-corrected chi connectivity index (χ4v) is 1.59. The molecule has 0 unspecified atom stereocenters. The molecule has 1 rings (SSSR count). The van der Waals surface area contributed by atoms with Crippen molar-refractivity contribution in [2.75, 3.05) is 0 Å². The molecule has 0 aliphatic carbocycles. The third-order valence-electron chi connectivity index (χ3n) is 2.63. The van der Waals surface area contributed by atoms with Crippen LogP contribution in [-0.4, -0.2) is 6.29 Å². The largest absolute Gasteiger partial charge is 0.303 e. The van der Waals surface area contributed by atoms with Gasteiger partial charge in [0.1, 0.15) is 6.29 Å². The Kier molecular flexibility index (Phi) is 3.67. The van der Waals surface area contributed by atoms with Crippen molar-refractivity contribution in [3.8, 4) is 0 Å². The van der Waals surface area contributed by atoms with Crippen LogP contribution in [0.25, 0.3) is 0 Å². The van der Waals surface area contributed by atoms with E-state index in [0.717, 1.165) is 12.7 Å². The second-order valence-corrected chi connectivity index (χ2v) is 5.18. The Morgan fingerprint density at radius 3 is 2.13 bits per heavy atom. The van der Waals surface area contributed by atoms with Crippen molar-refractivity contribution < 1.29 is 4.79 Å². The van der Waals surface area contributed by atoms with Crippen LogP contribution in [0.1, 0.15) is 44.7 Å². The summed E-state index contributed by atoms with van der Waals surface area (Å²) in [6.45, 7) is 8.31. The number of carbonyl (C=O) groups excluding carboxylic acids is 1. The molecule has 0 bridgehead atoms. The Hall–Kier alpha value is -1.11. The van der Waals surface area contributed by atoms with Crippen molar-refractivity contribution in [3.05, 3.63) is 35.4 Å². The number of benzene rings is 1. The molecule has 0 aliphatic heterocycles. The van der Waals surface area contributed by atoms with Crippen molar-refractivity contribution >= 4 is 6.29 Å². The molecule has 0 aromatic heterocycles. The minimum absolute atomic E-state index is 0.251. The van der Waals surface area contributed by atoms with E-state index in [2.05, 4.69) is 38.1 Å². The predicted molar refractivity (Wildman–Crippen MR) is 64.1 cm³/mol. The maximum Gasteiger partial charge on any atom is 0.125 e. The number of hydrogen-bond acceptors (Lipinski definition) is 1. The second-order valence-electron chi connectivity index (χ2n) is 5.18. The van der Waals surface area contributed by atoms with Crippen LogP contribution in [0.2, 0.25) is 0 Å². The normalized spacial score (nSPS) is 11.8. The van der Waals surface area contributed by atoms with Crippen molar-refractivity contribution in [2.24, 2.45) is 5.41 Å². The Balaban J connectivity index is 2.77. The van der Waals surface area contributed by atoms with Gasteiger partial charge in [0.25, 0.3) is 0 Å². The Morgan fingerprint density at radius 1 is 1.20 bits per heavy atom. The molecule has 0 saturated carbocycles. The maximum absolute atomic E-state index is 10.8. The Labute approximate surface area is 92.5 Å². The number of aldehydes is 1. The molecule has 1 aromatic carbocycles. The third kappa shape index (κ3) is 3.50. The highest BCUT2D eigenvalue weighted by Gasteiger charge is 2.16. The van der Waals surface area contributed by atoms with Gasteiger partial charge in [0.05, 0.1) is 0 Å². The molecule has 0 heterocycles. The van der Waals surface area contributed by atoms with Crippen molar-refractivity contribution in [1.29, 1.82) is 0 Å². The van der Waals surface area contributed by atoms with Gasteiger partial charge in [-0.1, -0.05) is 52.0 Å². The standard InChI is InChI=1S/C14H20O/c1-11(2)13-7-5-12(6-8-13)9-14(3,4)10-15/h5-8,10-11H,9H2,1-4H3. The summed E-state index contributed by atoms with van der Waals surface area (Å²) in [5.74, 6) is 0.568. The average Bonchev–Trinajstić information content (AvgIpc) is 2.18. The van der Waals surface area contributed by atoms with Crippen molar-refractivity contribution in [3.63, 3.8) is 0 Å². The van der Waals surface area contributed by atoms with Gasteiger partial charge in [-0.2, -0.15) is 0 Å². The van der Waals surface area contributed by atoms with Crippen LogP contribution in [0.4, 0.5) is 0 Å². The highest BCUT2D eigenvalue weighted by molar-refractivity contribution is 5.58. The zero-order valence-corrected chi connectivity index (χ0v) is 10.1. The lowest BCUT2D eigenvalue weighted by Crippen LogP contribution is -2.16. The molecule has 1 nitrogen and oxygen atoms in total. The molecule has 0 radical (unpaired) electrons. The van der Waals surface area contributed by atoms with Gasteiger partial charge in [-0.3, -0.25) is 0 Å². The Bertz CT molecular complexity index is 320. The quantitative estimate of drug-likeness (QED) is 0.685.